The molecular formula is C15H22N4O4. The van der Waals surface area contributed by atoms with Gasteiger partial charge in [0.15, 0.2) is 0 Å². The summed E-state index contributed by atoms with van der Waals surface area (Å²) in [5, 5.41) is 4.32. The topological polar surface area (TPSA) is 99.7 Å². The van der Waals surface area contributed by atoms with Crippen molar-refractivity contribution in [1.29, 1.82) is 0 Å². The lowest BCUT2D eigenvalue weighted by Crippen LogP contribution is -2.40. The largest absolute Gasteiger partial charge is 0.448 e. The minimum absolute atomic E-state index is 0.232. The highest BCUT2D eigenvalue weighted by atomic mass is 16.6. The van der Waals surface area contributed by atoms with Crippen LogP contribution < -0.4 is 5.73 Å². The van der Waals surface area contributed by atoms with E-state index in [2.05, 4.69) is 5.10 Å². The normalized spacial score (nSPS) is 18.0. The summed E-state index contributed by atoms with van der Waals surface area (Å²) < 4.78 is 11.5. The Labute approximate surface area is 134 Å². The van der Waals surface area contributed by atoms with E-state index in [0.717, 1.165) is 17.5 Å². The van der Waals surface area contributed by atoms with Gasteiger partial charge in [0.1, 0.15) is 11.4 Å². The fourth-order valence-corrected chi connectivity index (χ4v) is 2.94. The molecule has 0 atom stereocenters. The number of aromatic nitrogens is 2. The van der Waals surface area contributed by atoms with Crippen LogP contribution in [0.3, 0.4) is 0 Å². The molecule has 1 aromatic rings. The molecule has 0 radical (unpaired) electrons. The third-order valence-electron chi connectivity index (χ3n) is 4.08. The molecule has 1 aliphatic carbocycles. The molecule has 1 saturated carbocycles. The standard InChI is InChI=1S/C15H22N4O4/c1-5-22-13(21)19-11(16)9-8-18(12(20)23-14(2,3)4)15(6-7-15)10(9)17-19/h5-8,16H2,1-4H3. The molecule has 8 nitrogen and oxygen atoms in total. The van der Waals surface area contributed by atoms with Crippen molar-refractivity contribution in [1.82, 2.24) is 14.7 Å². The number of fused-ring (bicyclic) bond motifs is 2. The van der Waals surface area contributed by atoms with Gasteiger partial charge >= 0.3 is 12.2 Å². The highest BCUT2D eigenvalue weighted by Crippen LogP contribution is 2.57. The van der Waals surface area contributed by atoms with E-state index in [4.69, 9.17) is 15.2 Å². The van der Waals surface area contributed by atoms with Crippen molar-refractivity contribution in [2.45, 2.75) is 58.2 Å². The molecule has 1 aromatic heterocycles. The van der Waals surface area contributed by atoms with E-state index in [1.54, 1.807) is 11.8 Å². The van der Waals surface area contributed by atoms with Crippen molar-refractivity contribution >= 4 is 18.0 Å². The van der Waals surface area contributed by atoms with Crippen molar-refractivity contribution in [3.8, 4) is 0 Å². The Hall–Kier alpha value is -2.25. The van der Waals surface area contributed by atoms with Crippen LogP contribution in [0.2, 0.25) is 0 Å². The van der Waals surface area contributed by atoms with Gasteiger partial charge in [0, 0.05) is 5.56 Å². The van der Waals surface area contributed by atoms with E-state index in [1.807, 2.05) is 20.8 Å². The Morgan fingerprint density at radius 3 is 2.48 bits per heavy atom. The minimum Gasteiger partial charge on any atom is -0.448 e. The Bertz CT molecular complexity index is 670. The Morgan fingerprint density at radius 1 is 1.30 bits per heavy atom. The van der Waals surface area contributed by atoms with Crippen molar-refractivity contribution in [3.63, 3.8) is 0 Å². The molecule has 0 aromatic carbocycles. The summed E-state index contributed by atoms with van der Waals surface area (Å²) in [6.07, 6.45) is 0.603. The molecule has 23 heavy (non-hydrogen) atoms. The highest BCUT2D eigenvalue weighted by Gasteiger charge is 2.60. The smallest absolute Gasteiger partial charge is 0.436 e. The Kier molecular flexibility index (Phi) is 3.31. The number of hydrogen-bond acceptors (Lipinski definition) is 6. The van der Waals surface area contributed by atoms with Gasteiger partial charge in [-0.25, -0.2) is 9.59 Å². The second-order valence-corrected chi connectivity index (χ2v) is 6.92. The van der Waals surface area contributed by atoms with Gasteiger partial charge in [0.2, 0.25) is 0 Å². The van der Waals surface area contributed by atoms with Gasteiger partial charge in [-0.15, -0.1) is 4.68 Å². The van der Waals surface area contributed by atoms with Gasteiger partial charge < -0.3 is 15.2 Å². The predicted octanol–water partition coefficient (Wildman–Crippen LogP) is 2.21. The number of amides is 1. The quantitative estimate of drug-likeness (QED) is 0.851. The lowest BCUT2D eigenvalue weighted by Gasteiger charge is -2.28. The van der Waals surface area contributed by atoms with Crippen molar-refractivity contribution < 1.29 is 19.1 Å². The minimum atomic E-state index is -0.598. The Morgan fingerprint density at radius 2 is 1.96 bits per heavy atom. The van der Waals surface area contributed by atoms with Crippen molar-refractivity contribution in [2.75, 3.05) is 12.3 Å². The van der Waals surface area contributed by atoms with Crippen LogP contribution in [0.4, 0.5) is 15.4 Å². The molecule has 2 N–H and O–H groups in total. The number of rotatable bonds is 1. The van der Waals surface area contributed by atoms with Crippen LogP contribution in [0.25, 0.3) is 0 Å². The van der Waals surface area contributed by atoms with Crippen LogP contribution in [0, 0.1) is 0 Å². The first-order chi connectivity index (χ1) is 10.7. The lowest BCUT2D eigenvalue weighted by atomic mass is 10.1. The number of carbonyl (C=O) groups is 2. The number of hydrogen-bond donors (Lipinski definition) is 1. The Balaban J connectivity index is 1.89. The van der Waals surface area contributed by atoms with Crippen molar-refractivity contribution in [2.24, 2.45) is 0 Å². The molecule has 3 rings (SSSR count). The number of nitrogens with zero attached hydrogens (tertiary/aromatic N) is 3. The first-order valence-electron chi connectivity index (χ1n) is 7.75. The molecule has 0 unspecified atom stereocenters. The first-order valence-corrected chi connectivity index (χ1v) is 7.75. The van der Waals surface area contributed by atoms with Crippen molar-refractivity contribution in [3.05, 3.63) is 11.3 Å². The summed E-state index contributed by atoms with van der Waals surface area (Å²) in [7, 11) is 0. The number of carbonyl (C=O) groups excluding carboxylic acids is 2. The summed E-state index contributed by atoms with van der Waals surface area (Å²) in [6.45, 7) is 7.75. The van der Waals surface area contributed by atoms with E-state index in [-0.39, 0.29) is 18.5 Å². The highest BCUT2D eigenvalue weighted by molar-refractivity contribution is 5.78. The fraction of sp³-hybridized carbons (Fsp3) is 0.667. The molecule has 0 bridgehead atoms. The third-order valence-corrected chi connectivity index (χ3v) is 4.08. The predicted molar refractivity (Wildman–Crippen MR) is 81.7 cm³/mol. The van der Waals surface area contributed by atoms with Gasteiger partial charge in [-0.1, -0.05) is 0 Å². The van der Waals surface area contributed by atoms with Crippen LogP contribution in [0.15, 0.2) is 0 Å². The van der Waals surface area contributed by atoms with Crippen LogP contribution in [-0.2, 0) is 21.6 Å². The zero-order valence-electron chi connectivity index (χ0n) is 13.9. The summed E-state index contributed by atoms with van der Waals surface area (Å²) in [4.78, 5) is 26.0. The van der Waals surface area contributed by atoms with Gasteiger partial charge in [0.05, 0.1) is 24.4 Å². The molecule has 1 spiro atoms. The van der Waals surface area contributed by atoms with E-state index in [0.29, 0.717) is 17.8 Å². The average molecular weight is 322 g/mol. The summed E-state index contributed by atoms with van der Waals surface area (Å²) in [5.74, 6) is 0.232. The fourth-order valence-electron chi connectivity index (χ4n) is 2.94. The molecule has 2 heterocycles. The van der Waals surface area contributed by atoms with Gasteiger partial charge in [0.25, 0.3) is 0 Å². The molecule has 1 fully saturated rings. The molecule has 2 aliphatic rings. The summed E-state index contributed by atoms with van der Waals surface area (Å²) >= 11 is 0. The maximum Gasteiger partial charge on any atom is 0.436 e. The molecule has 1 aliphatic heterocycles. The van der Waals surface area contributed by atoms with Gasteiger partial charge in [-0.3, -0.25) is 4.90 Å². The second kappa shape index (κ2) is 4.87. The lowest BCUT2D eigenvalue weighted by molar-refractivity contribution is 0.0136. The number of nitrogen functional groups attached to an aromatic ring is 1. The average Bonchev–Trinajstić information content (AvgIpc) is 3.04. The van der Waals surface area contributed by atoms with E-state index in [1.165, 1.54) is 0 Å². The van der Waals surface area contributed by atoms with Crippen LogP contribution >= 0.6 is 0 Å². The first kappa shape index (κ1) is 15.6. The monoisotopic (exact) mass is 322 g/mol. The van der Waals surface area contributed by atoms with Crippen LogP contribution in [-0.4, -0.2) is 39.1 Å². The molecule has 1 amide bonds. The number of ether oxygens (including phenoxy) is 2. The van der Waals surface area contributed by atoms with E-state index in [9.17, 15) is 9.59 Å². The van der Waals surface area contributed by atoms with Crippen LogP contribution in [0.1, 0.15) is 51.8 Å². The number of anilines is 1. The van der Waals surface area contributed by atoms with Gasteiger partial charge in [-0.05, 0) is 40.5 Å². The third kappa shape index (κ3) is 2.42. The molecular weight excluding hydrogens is 300 g/mol. The van der Waals surface area contributed by atoms with Gasteiger partial charge in [-0.2, -0.15) is 5.10 Å². The SMILES string of the molecule is CCOC(=O)n1nc2c(c1N)CN(C(=O)OC(C)(C)C)C21CC1. The molecule has 8 heteroatoms. The summed E-state index contributed by atoms with van der Waals surface area (Å²) in [6, 6.07) is 0. The zero-order chi connectivity index (χ0) is 17.0. The van der Waals surface area contributed by atoms with E-state index >= 15 is 0 Å². The number of nitrogens with two attached hydrogens (primary N) is 1. The second-order valence-electron chi connectivity index (χ2n) is 6.92. The molecule has 0 saturated heterocycles. The maximum absolute atomic E-state index is 12.5. The molecule has 126 valence electrons. The maximum atomic E-state index is 12.5. The van der Waals surface area contributed by atoms with E-state index < -0.39 is 17.2 Å². The zero-order valence-corrected chi connectivity index (χ0v) is 13.9. The summed E-state index contributed by atoms with van der Waals surface area (Å²) in [5.41, 5.74) is 6.40. The van der Waals surface area contributed by atoms with Crippen LogP contribution in [0.5, 0.6) is 0 Å².